The van der Waals surface area contributed by atoms with Gasteiger partial charge in [0.25, 0.3) is 11.4 Å². The summed E-state index contributed by atoms with van der Waals surface area (Å²) >= 11 is 1.70. The van der Waals surface area contributed by atoms with Gasteiger partial charge in [0.1, 0.15) is 0 Å². The van der Waals surface area contributed by atoms with Crippen LogP contribution in [0, 0.1) is 32.1 Å². The van der Waals surface area contributed by atoms with E-state index in [1.807, 2.05) is 0 Å². The number of ether oxygens (including phenoxy) is 4. The van der Waals surface area contributed by atoms with Crippen molar-refractivity contribution in [2.45, 2.75) is 141 Å². The van der Waals surface area contributed by atoms with Crippen molar-refractivity contribution in [3.63, 3.8) is 0 Å². The lowest BCUT2D eigenvalue weighted by Gasteiger charge is -2.46. The van der Waals surface area contributed by atoms with Crippen molar-refractivity contribution in [1.29, 1.82) is 0 Å². The monoisotopic (exact) mass is 732 g/mol. The molecule has 0 amide bonds. The summed E-state index contributed by atoms with van der Waals surface area (Å²) in [5.74, 6) is 1.73. The Kier molecular flexibility index (Phi) is 18.4. The predicted octanol–water partition coefficient (Wildman–Crippen LogP) is 12.2. The van der Waals surface area contributed by atoms with Crippen LogP contribution in [0.3, 0.4) is 0 Å². The maximum atomic E-state index is 13.0. The molecular weight excluding hydrogens is 669 g/mol. The van der Waals surface area contributed by atoms with Crippen LogP contribution < -0.4 is 18.9 Å². The molecule has 51 heavy (non-hydrogen) atoms. The average Bonchev–Trinajstić information content (AvgIpc) is 3.09. The topological polar surface area (TPSA) is 123 Å². The molecule has 2 atom stereocenters. The zero-order valence-corrected chi connectivity index (χ0v) is 33.7. The normalized spacial score (nSPS) is 13.9. The molecule has 11 heteroatoms. The highest BCUT2D eigenvalue weighted by Gasteiger charge is 2.49. The summed E-state index contributed by atoms with van der Waals surface area (Å²) in [6, 6.07) is 6.55. The number of benzene rings is 2. The van der Waals surface area contributed by atoms with Crippen LogP contribution in [0.4, 0.5) is 11.4 Å². The van der Waals surface area contributed by atoms with E-state index in [0.717, 1.165) is 64.2 Å². The average molecular weight is 733 g/mol. The lowest BCUT2D eigenvalue weighted by atomic mass is 9.82. The van der Waals surface area contributed by atoms with Gasteiger partial charge in [-0.15, -0.1) is 11.8 Å². The molecule has 0 saturated carbocycles. The highest BCUT2D eigenvalue weighted by atomic mass is 32.2. The maximum absolute atomic E-state index is 13.0. The first-order valence-electron chi connectivity index (χ1n) is 18.8. The molecule has 10 nitrogen and oxygen atoms in total. The van der Waals surface area contributed by atoms with Crippen molar-refractivity contribution in [3.05, 3.63) is 55.6 Å². The van der Waals surface area contributed by atoms with E-state index < -0.39 is 9.49 Å². The van der Waals surface area contributed by atoms with Crippen LogP contribution in [-0.2, 0) is 9.49 Å². The molecule has 0 heterocycles. The molecule has 0 saturated heterocycles. The Morgan fingerprint density at radius 1 is 0.569 bits per heavy atom. The first-order valence-corrected chi connectivity index (χ1v) is 19.6. The van der Waals surface area contributed by atoms with Gasteiger partial charge in [0.2, 0.25) is 0 Å². The van der Waals surface area contributed by atoms with Gasteiger partial charge in [-0.3, -0.25) is 20.2 Å². The van der Waals surface area contributed by atoms with Crippen molar-refractivity contribution in [3.8, 4) is 23.0 Å². The van der Waals surface area contributed by atoms with Gasteiger partial charge in [-0.05, 0) is 49.7 Å². The molecule has 2 rings (SSSR count). The van der Waals surface area contributed by atoms with Gasteiger partial charge < -0.3 is 18.9 Å². The van der Waals surface area contributed by atoms with Crippen molar-refractivity contribution in [2.24, 2.45) is 11.8 Å². The number of nitro groups is 2. The number of unbranched alkanes of at least 4 members (excludes halogenated alkanes) is 8. The SMILES string of the molecule is CCCCCCCC(CC(C)C)(SC(CCCCCCC)(CC(C)C)c1cc(OC)c(OC)cc1[N+](=O)[O-])c1cc(OC)c(OC)cc1[N+](=O)[O-]. The van der Waals surface area contributed by atoms with E-state index in [-0.39, 0.29) is 33.1 Å². The van der Waals surface area contributed by atoms with Crippen molar-refractivity contribution in [2.75, 3.05) is 28.4 Å². The Hall–Kier alpha value is -3.21. The van der Waals surface area contributed by atoms with E-state index in [1.165, 1.54) is 26.4 Å². The fourth-order valence-electron chi connectivity index (χ4n) is 7.48. The third-order valence-electron chi connectivity index (χ3n) is 9.61. The molecule has 2 aromatic rings. The standard InChI is InChI=1S/C40H64N2O8S/c1-11-13-15-17-19-21-39(27-29(3)4,31-23-35(47-7)37(49-9)25-33(31)41(43)44)51-40(28-30(5)6,22-20-18-16-14-12-2)32-24-36(48-8)38(50-10)26-34(32)42(45)46/h23-26,29-30H,11-22,27-28H2,1-10H3. The second-order valence-corrected chi connectivity index (χ2v) is 16.3. The highest BCUT2D eigenvalue weighted by molar-refractivity contribution is 8.01. The van der Waals surface area contributed by atoms with Crippen LogP contribution >= 0.6 is 11.8 Å². The maximum Gasteiger partial charge on any atom is 0.277 e. The van der Waals surface area contributed by atoms with Gasteiger partial charge >= 0.3 is 0 Å². The van der Waals surface area contributed by atoms with Crippen LogP contribution in [0.5, 0.6) is 23.0 Å². The zero-order valence-electron chi connectivity index (χ0n) is 32.9. The molecule has 0 N–H and O–H groups in total. The van der Waals surface area contributed by atoms with Gasteiger partial charge in [-0.1, -0.05) is 106 Å². The Bertz CT molecular complexity index is 1300. The van der Waals surface area contributed by atoms with E-state index in [2.05, 4.69) is 41.5 Å². The minimum absolute atomic E-state index is 0.0300. The van der Waals surface area contributed by atoms with Crippen LogP contribution in [0.15, 0.2) is 24.3 Å². The molecule has 0 spiro atoms. The smallest absolute Gasteiger partial charge is 0.277 e. The van der Waals surface area contributed by atoms with Crippen LogP contribution in [0.2, 0.25) is 0 Å². The van der Waals surface area contributed by atoms with E-state index in [1.54, 1.807) is 38.1 Å². The second-order valence-electron chi connectivity index (χ2n) is 14.6. The number of methoxy groups -OCH3 is 4. The lowest BCUT2D eigenvalue weighted by molar-refractivity contribution is -0.386. The van der Waals surface area contributed by atoms with Crippen LogP contribution in [0.25, 0.3) is 0 Å². The second kappa shape index (κ2) is 21.3. The van der Waals surface area contributed by atoms with Gasteiger partial charge in [-0.2, -0.15) is 0 Å². The molecular formula is C40H64N2O8S. The highest BCUT2D eigenvalue weighted by Crippen LogP contribution is 2.62. The van der Waals surface area contributed by atoms with Crippen molar-refractivity contribution < 1.29 is 28.8 Å². The molecule has 0 radical (unpaired) electrons. The Balaban J connectivity index is 3.16. The van der Waals surface area contributed by atoms with E-state index in [9.17, 15) is 20.2 Å². The molecule has 0 aliphatic heterocycles. The number of nitrogens with zero attached hydrogens (tertiary/aromatic N) is 2. The molecule has 0 fully saturated rings. The molecule has 0 aromatic heterocycles. The zero-order chi connectivity index (χ0) is 38.2. The predicted molar refractivity (Wildman–Crippen MR) is 209 cm³/mol. The first kappa shape index (κ1) is 44.0. The molecule has 0 bridgehead atoms. The summed E-state index contributed by atoms with van der Waals surface area (Å²) < 4.78 is 21.1. The Morgan fingerprint density at radius 2 is 0.882 bits per heavy atom. The minimum Gasteiger partial charge on any atom is -0.493 e. The third kappa shape index (κ3) is 11.9. The summed E-state index contributed by atoms with van der Waals surface area (Å²) in [7, 11) is 6.05. The largest absolute Gasteiger partial charge is 0.493 e. The number of rotatable bonds is 26. The number of nitro benzene ring substituents is 2. The van der Waals surface area contributed by atoms with E-state index in [0.29, 0.717) is 59.8 Å². The first-order chi connectivity index (χ1) is 24.3. The number of thioether (sulfide) groups is 1. The molecule has 0 aliphatic carbocycles. The summed E-state index contributed by atoms with van der Waals surface area (Å²) in [6.07, 6.45) is 12.8. The number of hydrogen-bond donors (Lipinski definition) is 0. The molecule has 0 aliphatic rings. The summed E-state index contributed by atoms with van der Waals surface area (Å²) in [5, 5.41) is 26.0. The van der Waals surface area contributed by atoms with E-state index in [4.69, 9.17) is 18.9 Å². The Morgan fingerprint density at radius 3 is 1.16 bits per heavy atom. The van der Waals surface area contributed by atoms with Gasteiger partial charge in [0, 0.05) is 20.6 Å². The quantitative estimate of drug-likeness (QED) is 0.0528. The summed E-state index contributed by atoms with van der Waals surface area (Å²) in [6.45, 7) is 12.9. The van der Waals surface area contributed by atoms with Gasteiger partial charge in [0.15, 0.2) is 23.0 Å². The van der Waals surface area contributed by atoms with Crippen LogP contribution in [0.1, 0.15) is 143 Å². The lowest BCUT2D eigenvalue weighted by Crippen LogP contribution is -2.36. The number of hydrogen-bond acceptors (Lipinski definition) is 9. The van der Waals surface area contributed by atoms with E-state index >= 15 is 0 Å². The van der Waals surface area contributed by atoms with Gasteiger partial charge in [0.05, 0.1) is 50.4 Å². The van der Waals surface area contributed by atoms with Crippen molar-refractivity contribution >= 4 is 23.1 Å². The van der Waals surface area contributed by atoms with Crippen molar-refractivity contribution in [1.82, 2.24) is 0 Å². The molecule has 2 unspecified atom stereocenters. The fraction of sp³-hybridized carbons (Fsp3) is 0.700. The van der Waals surface area contributed by atoms with Crippen LogP contribution in [-0.4, -0.2) is 38.3 Å². The van der Waals surface area contributed by atoms with Gasteiger partial charge in [-0.25, -0.2) is 0 Å². The Labute approximate surface area is 311 Å². The molecule has 2 aromatic carbocycles. The molecule has 288 valence electrons. The summed E-state index contributed by atoms with van der Waals surface area (Å²) in [5.41, 5.74) is 1.08. The minimum atomic E-state index is -0.804. The fourth-order valence-corrected chi connectivity index (χ4v) is 10.1. The third-order valence-corrected chi connectivity index (χ3v) is 11.6. The summed E-state index contributed by atoms with van der Waals surface area (Å²) in [4.78, 5) is 25.4.